The van der Waals surface area contributed by atoms with Crippen LogP contribution in [0.2, 0.25) is 0 Å². The molecule has 0 aliphatic carbocycles. The summed E-state index contributed by atoms with van der Waals surface area (Å²) in [5, 5.41) is 14.1. The Morgan fingerprint density at radius 3 is 2.77 bits per heavy atom. The van der Waals surface area contributed by atoms with E-state index in [1.165, 1.54) is 12.1 Å². The Balaban J connectivity index is 1.09. The monoisotopic (exact) mass is 475 g/mol. The first-order valence-electron chi connectivity index (χ1n) is 11.8. The van der Waals surface area contributed by atoms with Gasteiger partial charge in [-0.2, -0.15) is 5.10 Å². The van der Waals surface area contributed by atoms with E-state index >= 15 is 0 Å². The second-order valence-electron chi connectivity index (χ2n) is 9.08. The van der Waals surface area contributed by atoms with Gasteiger partial charge in [0.25, 0.3) is 5.91 Å². The number of rotatable bonds is 4. The highest BCUT2D eigenvalue weighted by molar-refractivity contribution is 6.04. The van der Waals surface area contributed by atoms with Gasteiger partial charge in [-0.15, -0.1) is 5.10 Å². The van der Waals surface area contributed by atoms with E-state index in [1.807, 2.05) is 47.0 Å². The molecule has 10 heteroatoms. The summed E-state index contributed by atoms with van der Waals surface area (Å²) in [5.74, 6) is -0.302. The van der Waals surface area contributed by atoms with Crippen LogP contribution >= 0.6 is 0 Å². The number of piperazine rings is 1. The molecule has 1 amide bonds. The lowest BCUT2D eigenvalue weighted by molar-refractivity contribution is -0.00236. The molecule has 0 bridgehead atoms. The number of halogens is 1. The minimum absolute atomic E-state index is 0.0284. The number of amides is 1. The molecule has 1 saturated heterocycles. The Morgan fingerprint density at radius 1 is 1.11 bits per heavy atom. The number of ether oxygens (including phenoxy) is 1. The van der Waals surface area contributed by atoms with Crippen molar-refractivity contribution in [2.75, 3.05) is 26.2 Å². The summed E-state index contributed by atoms with van der Waals surface area (Å²) in [6.45, 7) is 4.29. The van der Waals surface area contributed by atoms with Gasteiger partial charge in [-0.25, -0.2) is 9.07 Å². The van der Waals surface area contributed by atoms with Gasteiger partial charge in [0.1, 0.15) is 17.6 Å². The molecule has 1 atom stereocenters. The van der Waals surface area contributed by atoms with Crippen LogP contribution in [0, 0.1) is 5.82 Å². The summed E-state index contributed by atoms with van der Waals surface area (Å²) < 4.78 is 23.2. The number of carbonyl (C=O) groups excluding carboxylic acids is 1. The van der Waals surface area contributed by atoms with Gasteiger partial charge in [-0.3, -0.25) is 14.4 Å². The Labute approximate surface area is 201 Å². The Hall–Kier alpha value is -3.63. The number of nitrogens with zero attached hydrogens (tertiary/aromatic N) is 7. The van der Waals surface area contributed by atoms with Crippen molar-refractivity contribution in [1.82, 2.24) is 34.6 Å². The Morgan fingerprint density at radius 2 is 1.94 bits per heavy atom. The fourth-order valence-electron chi connectivity index (χ4n) is 4.94. The normalized spacial score (nSPS) is 18.7. The van der Waals surface area contributed by atoms with E-state index in [0.717, 1.165) is 40.9 Å². The van der Waals surface area contributed by atoms with E-state index in [1.54, 1.807) is 10.7 Å². The Bertz CT molecular complexity index is 1390. The molecular weight excluding hydrogens is 449 g/mol. The second kappa shape index (κ2) is 8.86. The molecule has 2 aromatic heterocycles. The smallest absolute Gasteiger partial charge is 0.275 e. The standard InChI is InChI=1S/C25H26FN7O2/c1-30-21-8-3-2-7-19(21)24(28-30)25(34)32-11-9-31(10-12-32)14-20-22-16-35-23(15-33(22)29-27-20)17-5-4-6-18(26)13-17/h2-8,13,23H,9-12,14-16H2,1H3/t23-/m1/s1. The maximum absolute atomic E-state index is 13.6. The molecule has 2 aromatic carbocycles. The zero-order chi connectivity index (χ0) is 23.9. The van der Waals surface area contributed by atoms with Crippen molar-refractivity contribution in [3.63, 3.8) is 0 Å². The van der Waals surface area contributed by atoms with Gasteiger partial charge >= 0.3 is 0 Å². The fraction of sp³-hybridized carbons (Fsp3) is 0.360. The van der Waals surface area contributed by atoms with Crippen molar-refractivity contribution in [1.29, 1.82) is 0 Å². The number of carbonyl (C=O) groups is 1. The van der Waals surface area contributed by atoms with Crippen LogP contribution in [0.5, 0.6) is 0 Å². The Kier molecular flexibility index (Phi) is 5.54. The van der Waals surface area contributed by atoms with Gasteiger partial charge < -0.3 is 9.64 Å². The van der Waals surface area contributed by atoms with Gasteiger partial charge in [0.2, 0.25) is 0 Å². The van der Waals surface area contributed by atoms with Crippen molar-refractivity contribution in [3.8, 4) is 0 Å². The second-order valence-corrected chi connectivity index (χ2v) is 9.08. The van der Waals surface area contributed by atoms with Crippen molar-refractivity contribution < 1.29 is 13.9 Å². The first kappa shape index (κ1) is 21.9. The maximum Gasteiger partial charge on any atom is 0.275 e. The first-order valence-corrected chi connectivity index (χ1v) is 11.8. The summed E-state index contributed by atoms with van der Waals surface area (Å²) in [7, 11) is 1.86. The fourth-order valence-corrected chi connectivity index (χ4v) is 4.94. The predicted molar refractivity (Wildman–Crippen MR) is 126 cm³/mol. The predicted octanol–water partition coefficient (Wildman–Crippen LogP) is 2.53. The molecule has 0 unspecified atom stereocenters. The highest BCUT2D eigenvalue weighted by Gasteiger charge is 2.29. The molecule has 9 nitrogen and oxygen atoms in total. The molecule has 35 heavy (non-hydrogen) atoms. The minimum atomic E-state index is -0.273. The zero-order valence-corrected chi connectivity index (χ0v) is 19.5. The number of benzene rings is 2. The number of hydrogen-bond donors (Lipinski definition) is 0. The van der Waals surface area contributed by atoms with Crippen LogP contribution in [0.3, 0.4) is 0 Å². The molecule has 1 fully saturated rings. The average Bonchev–Trinajstić information content (AvgIpc) is 3.44. The summed E-state index contributed by atoms with van der Waals surface area (Å²) in [5.41, 5.74) is 4.10. The highest BCUT2D eigenvalue weighted by atomic mass is 19.1. The van der Waals surface area contributed by atoms with Gasteiger partial charge in [-0.1, -0.05) is 35.5 Å². The quantitative estimate of drug-likeness (QED) is 0.451. The molecule has 2 aliphatic rings. The number of aryl methyl sites for hydroxylation is 1. The molecule has 0 spiro atoms. The molecule has 4 aromatic rings. The summed E-state index contributed by atoms with van der Waals surface area (Å²) >= 11 is 0. The lowest BCUT2D eigenvalue weighted by Crippen LogP contribution is -2.48. The van der Waals surface area contributed by atoms with E-state index in [-0.39, 0.29) is 17.8 Å². The number of hydrogen-bond acceptors (Lipinski definition) is 6. The van der Waals surface area contributed by atoms with Crippen molar-refractivity contribution in [2.45, 2.75) is 25.8 Å². The van der Waals surface area contributed by atoms with Gasteiger partial charge in [0, 0.05) is 45.2 Å². The first-order chi connectivity index (χ1) is 17.1. The van der Waals surface area contributed by atoms with E-state index in [0.29, 0.717) is 38.5 Å². The van der Waals surface area contributed by atoms with Crippen molar-refractivity contribution in [2.24, 2.45) is 7.05 Å². The van der Waals surface area contributed by atoms with Gasteiger partial charge in [-0.05, 0) is 23.8 Å². The molecule has 180 valence electrons. The summed E-state index contributed by atoms with van der Waals surface area (Å²) in [6, 6.07) is 14.3. The summed E-state index contributed by atoms with van der Waals surface area (Å²) in [6.07, 6.45) is -0.245. The van der Waals surface area contributed by atoms with Gasteiger partial charge in [0.15, 0.2) is 5.69 Å². The minimum Gasteiger partial charge on any atom is -0.365 e. The van der Waals surface area contributed by atoms with Gasteiger partial charge in [0.05, 0.1) is 24.4 Å². The van der Waals surface area contributed by atoms with Crippen LogP contribution in [0.15, 0.2) is 48.5 Å². The number of para-hydroxylation sites is 1. The SMILES string of the molecule is Cn1nc(C(=O)N2CCN(Cc3nnn4c3CO[C@@H](c3cccc(F)c3)C4)CC2)c2ccccc21. The molecular formula is C25H26FN7O2. The van der Waals surface area contributed by atoms with Crippen LogP contribution in [0.4, 0.5) is 4.39 Å². The van der Waals surface area contributed by atoms with Crippen LogP contribution in [-0.4, -0.2) is 66.7 Å². The largest absolute Gasteiger partial charge is 0.365 e. The molecule has 4 heterocycles. The number of aromatic nitrogens is 5. The average molecular weight is 476 g/mol. The number of fused-ring (bicyclic) bond motifs is 2. The highest BCUT2D eigenvalue weighted by Crippen LogP contribution is 2.28. The van der Waals surface area contributed by atoms with E-state index in [9.17, 15) is 9.18 Å². The third-order valence-corrected chi connectivity index (χ3v) is 6.89. The van der Waals surface area contributed by atoms with Crippen LogP contribution in [0.25, 0.3) is 10.9 Å². The lowest BCUT2D eigenvalue weighted by Gasteiger charge is -2.34. The molecule has 2 aliphatic heterocycles. The lowest BCUT2D eigenvalue weighted by atomic mass is 10.1. The third kappa shape index (κ3) is 4.08. The molecule has 0 radical (unpaired) electrons. The van der Waals surface area contributed by atoms with E-state index < -0.39 is 0 Å². The summed E-state index contributed by atoms with van der Waals surface area (Å²) in [4.78, 5) is 17.3. The van der Waals surface area contributed by atoms with Crippen molar-refractivity contribution in [3.05, 3.63) is 77.0 Å². The molecule has 0 N–H and O–H groups in total. The van der Waals surface area contributed by atoms with Crippen LogP contribution in [-0.2, 0) is 31.5 Å². The van der Waals surface area contributed by atoms with E-state index in [2.05, 4.69) is 20.3 Å². The third-order valence-electron chi connectivity index (χ3n) is 6.89. The van der Waals surface area contributed by atoms with Crippen LogP contribution < -0.4 is 0 Å². The van der Waals surface area contributed by atoms with E-state index in [4.69, 9.17) is 4.74 Å². The molecule has 6 rings (SSSR count). The van der Waals surface area contributed by atoms with Crippen molar-refractivity contribution >= 4 is 16.8 Å². The molecule has 0 saturated carbocycles. The van der Waals surface area contributed by atoms with Crippen LogP contribution in [0.1, 0.15) is 33.5 Å². The maximum atomic E-state index is 13.6. The zero-order valence-electron chi connectivity index (χ0n) is 19.5. The topological polar surface area (TPSA) is 81.3 Å².